The Bertz CT molecular complexity index is 3170. The lowest BCUT2D eigenvalue weighted by molar-refractivity contribution is -0.168. The molecule has 462 valence electrons. The van der Waals surface area contributed by atoms with E-state index in [0.717, 1.165) is 47.1 Å². The zero-order chi connectivity index (χ0) is 61.9. The highest BCUT2D eigenvalue weighted by molar-refractivity contribution is 5.98. The standard InChI is InChI=1S/C70H93N7O9/c1-6-76-70(86,35-30-43(2)14-10-18-46-16-8-7-9-17-46)44(3)15-11-22-51(42-78)55-32-34-69(64(55)83)59-29-28-53(80)37-47-19-12-20-48(36-47)38-57(58(40-75-67(72)73)49-24-26-52(79)27-25-49)61(82)41-74-63-62-50(21-13-23-56(62)65(71)77-66(63)84)39-60(81)45(4)54(59)31-33-68(69,5)85/h7-9,11-13,15-17,19-27,30,36,53,55,57-59,61,63-65,74,76,78-80,82-83,85-86H,3,6,10,14,18,28-29,31-35,37-42,71H2,1-2,4-5H3,(H,77,84)(H4,72,73,75)/b15-11+,43-30-,51-22-,54-45?/t53-,55+,57+,58+,59+,61+,63+,64+,65+,68+,69+,70+/m0/s1. The number of carbonyl (C=O) groups is 2. The fraction of sp³-hybridized carbons (Fsp3) is 0.471. The third kappa shape index (κ3) is 15.0. The Kier molecular flexibility index (Phi) is 22.0. The quantitative estimate of drug-likeness (QED) is 0.0165. The van der Waals surface area contributed by atoms with Crippen molar-refractivity contribution >= 4 is 17.6 Å². The van der Waals surface area contributed by atoms with Crippen LogP contribution in [0.1, 0.15) is 143 Å². The van der Waals surface area contributed by atoms with Crippen LogP contribution in [0.4, 0.5) is 0 Å². The number of likely N-dealkylation sites (N-methyl/N-ethyl adjacent to an activating group) is 1. The molecule has 8 rings (SSSR count). The lowest BCUT2D eigenvalue weighted by atomic mass is 9.52. The number of guanidine groups is 1. The molecule has 2 aliphatic carbocycles. The first kappa shape index (κ1) is 65.4. The maximum atomic E-state index is 15.2. The molecule has 0 unspecified atom stereocenters. The largest absolute Gasteiger partial charge is 0.508 e. The van der Waals surface area contributed by atoms with Gasteiger partial charge < -0.3 is 58.3 Å². The molecule has 4 aliphatic rings. The number of ketones is 1. The number of nitrogens with two attached hydrogens (primary N) is 3. The number of amides is 1. The third-order valence-corrected chi connectivity index (χ3v) is 19.3. The highest BCUT2D eigenvalue weighted by atomic mass is 16.3. The molecule has 2 saturated carbocycles. The van der Waals surface area contributed by atoms with Crippen LogP contribution in [0.25, 0.3) is 0 Å². The number of hydrogen-bond donors (Lipinski definition) is 13. The molecule has 1 amide bonds. The average Bonchev–Trinajstić information content (AvgIpc) is 1.44. The van der Waals surface area contributed by atoms with E-state index in [0.29, 0.717) is 78.5 Å². The van der Waals surface area contributed by atoms with Gasteiger partial charge in [0.2, 0.25) is 5.91 Å². The monoisotopic (exact) mass is 1180 g/mol. The first-order valence-corrected chi connectivity index (χ1v) is 30.8. The average molecular weight is 1180 g/mol. The second kappa shape index (κ2) is 29.0. The number of aliphatic hydroxyl groups excluding tert-OH is 4. The summed E-state index contributed by atoms with van der Waals surface area (Å²) in [6.07, 6.45) is 8.80. The van der Waals surface area contributed by atoms with E-state index in [4.69, 9.17) is 17.2 Å². The van der Waals surface area contributed by atoms with Crippen LogP contribution in [-0.4, -0.2) is 109 Å². The number of phenolic OH excluding ortho intramolecular Hbond substituents is 1. The number of carbonyl (C=O) groups excluding carboxylic acids is 2. The Morgan fingerprint density at radius 3 is 2.38 bits per heavy atom. The van der Waals surface area contributed by atoms with Crippen LogP contribution in [0.3, 0.4) is 0 Å². The summed E-state index contributed by atoms with van der Waals surface area (Å²) in [5.41, 5.74) is 23.3. The molecule has 0 saturated heterocycles. The van der Waals surface area contributed by atoms with Crippen LogP contribution in [0, 0.1) is 23.2 Å². The van der Waals surface area contributed by atoms with Gasteiger partial charge in [0.25, 0.3) is 0 Å². The molecular weight excluding hydrogens is 1080 g/mol. The van der Waals surface area contributed by atoms with Gasteiger partial charge in [-0.1, -0.05) is 134 Å². The van der Waals surface area contributed by atoms with Crippen molar-refractivity contribution in [1.82, 2.24) is 16.0 Å². The summed E-state index contributed by atoms with van der Waals surface area (Å²) in [6, 6.07) is 29.3. The minimum Gasteiger partial charge on any atom is -0.508 e. The number of aryl methyl sites for hydroxylation is 1. The summed E-state index contributed by atoms with van der Waals surface area (Å²) in [6.45, 7) is 12.0. The maximum absolute atomic E-state index is 15.2. The van der Waals surface area contributed by atoms with E-state index in [-0.39, 0.29) is 62.9 Å². The van der Waals surface area contributed by atoms with Crippen LogP contribution in [0.15, 0.2) is 161 Å². The second-order valence-electron chi connectivity index (χ2n) is 24.9. The number of rotatable bonds is 17. The van der Waals surface area contributed by atoms with Crippen molar-refractivity contribution < 1.29 is 45.3 Å². The lowest BCUT2D eigenvalue weighted by Gasteiger charge is -2.56. The molecule has 0 radical (unpaired) electrons. The second-order valence-corrected chi connectivity index (χ2v) is 24.9. The summed E-state index contributed by atoms with van der Waals surface area (Å²) in [4.78, 5) is 33.8. The molecule has 86 heavy (non-hydrogen) atoms. The van der Waals surface area contributed by atoms with E-state index in [2.05, 4.69) is 46.6 Å². The van der Waals surface area contributed by atoms with Crippen LogP contribution in [0.2, 0.25) is 0 Å². The molecule has 2 heterocycles. The van der Waals surface area contributed by atoms with Gasteiger partial charge in [0.1, 0.15) is 23.7 Å². The van der Waals surface area contributed by atoms with Crippen molar-refractivity contribution in [2.24, 2.45) is 45.4 Å². The number of allylic oxidation sites excluding steroid dienone is 5. The van der Waals surface area contributed by atoms with E-state index in [1.807, 2.05) is 73.7 Å². The predicted octanol–water partition coefficient (Wildman–Crippen LogP) is 7.12. The zero-order valence-electron chi connectivity index (χ0n) is 50.6. The zero-order valence-corrected chi connectivity index (χ0v) is 50.6. The van der Waals surface area contributed by atoms with Gasteiger partial charge in [0.15, 0.2) is 11.7 Å². The molecule has 4 aromatic carbocycles. The van der Waals surface area contributed by atoms with E-state index in [9.17, 15) is 40.5 Å². The van der Waals surface area contributed by atoms with Crippen molar-refractivity contribution in [3.8, 4) is 5.75 Å². The number of nitrogens with zero attached hydrogens (tertiary/aromatic N) is 1. The van der Waals surface area contributed by atoms with E-state index in [1.54, 1.807) is 56.3 Å². The Labute approximate surface area is 507 Å². The number of aliphatic hydroxyl groups is 6. The molecule has 16 nitrogen and oxygen atoms in total. The molecule has 4 aromatic rings. The molecule has 16 heteroatoms. The van der Waals surface area contributed by atoms with Crippen LogP contribution >= 0.6 is 0 Å². The Balaban J connectivity index is 1.13. The molecule has 12 atom stereocenters. The number of Topliss-reactive ketones (excluding diaryl/α,β-unsaturated/α-hetero) is 1. The van der Waals surface area contributed by atoms with Gasteiger partial charge in [-0.05, 0) is 178 Å². The summed E-state index contributed by atoms with van der Waals surface area (Å²) in [5.74, 6) is -2.93. The summed E-state index contributed by atoms with van der Waals surface area (Å²) < 4.78 is 0. The number of hydrogen-bond acceptors (Lipinski definition) is 13. The van der Waals surface area contributed by atoms with E-state index < -0.39 is 76.8 Å². The number of aromatic hydroxyl groups is 1. The minimum absolute atomic E-state index is 0.0641. The first-order valence-electron chi connectivity index (χ1n) is 30.8. The molecule has 2 bridgehead atoms. The van der Waals surface area contributed by atoms with Crippen molar-refractivity contribution in [2.45, 2.75) is 159 Å². The van der Waals surface area contributed by atoms with Gasteiger partial charge in [-0.2, -0.15) is 0 Å². The fourth-order valence-electron chi connectivity index (χ4n) is 14.5. The van der Waals surface area contributed by atoms with Gasteiger partial charge in [-0.15, -0.1) is 0 Å². The Hall–Kier alpha value is -6.57. The molecular formula is C70H93N7O9. The molecule has 2 fully saturated rings. The van der Waals surface area contributed by atoms with E-state index in [1.165, 1.54) is 5.56 Å². The Morgan fingerprint density at radius 1 is 0.953 bits per heavy atom. The predicted molar refractivity (Wildman–Crippen MR) is 338 cm³/mol. The molecule has 1 spiro atoms. The SMILES string of the molecule is C=C(/C=C/C=C(/CO)[C@H]1CC[C@@]2([C@@H]3CC[C@H](O)Cc4cccc(c4)C[C@H]([C@H](CN=C(N)N)c4ccc(O)cc4)[C@H](O)CN[C@H]4C(=O)N[C@@H](N)c5cccc(c54)CC(=O)C(C)=C3CC[C@@]2(C)O)[C@@H]1O)[C@](O)(C/C=C(/C)CCCc1ccccc1)NCC. The van der Waals surface area contributed by atoms with Crippen molar-refractivity contribution in [1.29, 1.82) is 0 Å². The molecule has 0 aromatic heterocycles. The van der Waals surface area contributed by atoms with Crippen molar-refractivity contribution in [3.05, 3.63) is 195 Å². The number of phenols is 1. The van der Waals surface area contributed by atoms with E-state index >= 15 is 4.79 Å². The maximum Gasteiger partial charge on any atom is 0.243 e. The summed E-state index contributed by atoms with van der Waals surface area (Å²) in [7, 11) is 0. The van der Waals surface area contributed by atoms with Gasteiger partial charge >= 0.3 is 0 Å². The number of β-amino-alcohol motifs (C(OH)–C–C–N with tert-alkyl or cyclic N) is 1. The molecule has 16 N–H and O–H groups in total. The summed E-state index contributed by atoms with van der Waals surface area (Å²) >= 11 is 0. The smallest absolute Gasteiger partial charge is 0.243 e. The lowest BCUT2D eigenvalue weighted by Crippen LogP contribution is -2.59. The normalized spacial score (nSPS) is 28.1. The van der Waals surface area contributed by atoms with Gasteiger partial charge in [-0.3, -0.25) is 25.2 Å². The first-order chi connectivity index (χ1) is 41.1. The van der Waals surface area contributed by atoms with Crippen LogP contribution < -0.4 is 33.2 Å². The van der Waals surface area contributed by atoms with Gasteiger partial charge in [-0.25, -0.2) is 0 Å². The van der Waals surface area contributed by atoms with Gasteiger partial charge in [0, 0.05) is 43.2 Å². The molecule has 2 aliphatic heterocycles. The Morgan fingerprint density at radius 2 is 1.67 bits per heavy atom. The topological polar surface area (TPSA) is 302 Å². The van der Waals surface area contributed by atoms with Crippen molar-refractivity contribution in [3.63, 3.8) is 0 Å². The van der Waals surface area contributed by atoms with Crippen LogP contribution in [-0.2, 0) is 35.3 Å². The number of nitrogens with one attached hydrogen (secondary N) is 3. The summed E-state index contributed by atoms with van der Waals surface area (Å²) in [5, 5.41) is 93.3. The minimum atomic E-state index is -1.44. The highest BCUT2D eigenvalue weighted by Crippen LogP contribution is 2.63. The highest BCUT2D eigenvalue weighted by Gasteiger charge is 2.64. The van der Waals surface area contributed by atoms with Gasteiger partial charge in [0.05, 0.1) is 30.5 Å². The van der Waals surface area contributed by atoms with Crippen LogP contribution in [0.5, 0.6) is 5.75 Å². The van der Waals surface area contributed by atoms with Crippen molar-refractivity contribution in [2.75, 3.05) is 26.2 Å². The number of benzene rings is 4. The number of aliphatic imine (C=N–C) groups is 1. The third-order valence-electron chi connectivity index (χ3n) is 19.3. The fourth-order valence-corrected chi connectivity index (χ4v) is 14.5. The number of fused-ring (bicyclic) bond motifs is 4.